The van der Waals surface area contributed by atoms with Gasteiger partial charge in [0.2, 0.25) is 0 Å². The van der Waals surface area contributed by atoms with Crippen molar-refractivity contribution in [1.29, 1.82) is 0 Å². The highest BCUT2D eigenvalue weighted by molar-refractivity contribution is 6.32. The summed E-state index contributed by atoms with van der Waals surface area (Å²) in [4.78, 5) is 12.9. The Hall–Kier alpha value is -3.37. The normalized spacial score (nSPS) is 14.8. The van der Waals surface area contributed by atoms with Crippen LogP contribution in [0.25, 0.3) is 6.08 Å². The second-order valence-electron chi connectivity index (χ2n) is 7.59. The summed E-state index contributed by atoms with van der Waals surface area (Å²) in [5.41, 5.74) is 6.08. The summed E-state index contributed by atoms with van der Waals surface area (Å²) < 4.78 is 6.07. The van der Waals surface area contributed by atoms with Crippen molar-refractivity contribution in [3.05, 3.63) is 99.6 Å². The minimum absolute atomic E-state index is 0.123. The lowest BCUT2D eigenvalue weighted by Crippen LogP contribution is -2.21. The predicted molar refractivity (Wildman–Crippen MR) is 127 cm³/mol. The second kappa shape index (κ2) is 8.78. The van der Waals surface area contributed by atoms with Gasteiger partial charge >= 0.3 is 0 Å². The minimum Gasteiger partial charge on any atom is -0.488 e. The number of benzene rings is 3. The molecule has 0 aliphatic carbocycles. The first-order valence-electron chi connectivity index (χ1n) is 10.1. The number of carbonyl (C=O) groups excluding carboxylic acids is 1. The molecular weight excluding hydrogens is 408 g/mol. The Morgan fingerprint density at radius 2 is 1.61 bits per heavy atom. The van der Waals surface area contributed by atoms with E-state index in [4.69, 9.17) is 16.3 Å². The molecule has 4 nitrogen and oxygen atoms in total. The summed E-state index contributed by atoms with van der Waals surface area (Å²) in [6, 6.07) is 21.1. The van der Waals surface area contributed by atoms with Crippen molar-refractivity contribution in [1.82, 2.24) is 0 Å². The number of hydrogen-bond donors (Lipinski definition) is 0. The number of ether oxygens (including phenoxy) is 1. The molecular formula is C26H23ClN2O2. The molecule has 1 aliphatic rings. The van der Waals surface area contributed by atoms with Crippen LogP contribution in [-0.4, -0.2) is 11.6 Å². The summed E-state index contributed by atoms with van der Waals surface area (Å²) >= 11 is 5.95. The Balaban J connectivity index is 1.55. The molecule has 0 unspecified atom stereocenters. The van der Waals surface area contributed by atoms with Crippen LogP contribution in [0.1, 0.15) is 29.2 Å². The van der Waals surface area contributed by atoms with E-state index in [2.05, 4.69) is 5.10 Å². The molecule has 31 heavy (non-hydrogen) atoms. The van der Waals surface area contributed by atoms with Crippen LogP contribution in [0, 0.1) is 13.8 Å². The molecule has 1 aliphatic heterocycles. The van der Waals surface area contributed by atoms with Gasteiger partial charge in [0.25, 0.3) is 5.91 Å². The Kier molecular flexibility index (Phi) is 5.92. The molecule has 0 aromatic heterocycles. The predicted octanol–water partition coefficient (Wildman–Crippen LogP) is 6.34. The maximum Gasteiger partial charge on any atom is 0.280 e. The van der Waals surface area contributed by atoms with Gasteiger partial charge in [-0.2, -0.15) is 10.1 Å². The largest absolute Gasteiger partial charge is 0.488 e. The fourth-order valence-electron chi connectivity index (χ4n) is 3.63. The molecule has 0 atom stereocenters. The minimum atomic E-state index is -0.123. The van der Waals surface area contributed by atoms with Crippen molar-refractivity contribution in [2.75, 3.05) is 5.01 Å². The van der Waals surface area contributed by atoms with Crippen LogP contribution in [0.4, 0.5) is 5.69 Å². The van der Waals surface area contributed by atoms with Crippen molar-refractivity contribution < 1.29 is 9.53 Å². The zero-order chi connectivity index (χ0) is 22.0. The number of nitrogens with zero attached hydrogens (tertiary/aromatic N) is 2. The Labute approximate surface area is 187 Å². The van der Waals surface area contributed by atoms with Crippen molar-refractivity contribution >= 4 is 35.0 Å². The first-order chi connectivity index (χ1) is 14.9. The number of carbonyl (C=O) groups is 1. The molecule has 0 spiro atoms. The first kappa shape index (κ1) is 20.9. The zero-order valence-corrected chi connectivity index (χ0v) is 18.5. The van der Waals surface area contributed by atoms with Gasteiger partial charge in [-0.15, -0.1) is 0 Å². The van der Waals surface area contributed by atoms with Gasteiger partial charge in [-0.3, -0.25) is 4.79 Å². The van der Waals surface area contributed by atoms with Crippen LogP contribution < -0.4 is 9.75 Å². The van der Waals surface area contributed by atoms with Crippen molar-refractivity contribution in [2.24, 2.45) is 5.10 Å². The van der Waals surface area contributed by atoms with E-state index in [1.165, 1.54) is 5.01 Å². The SMILES string of the molecule is CC1=NN(c2ccccc2)C(=O)/C1=C/c1cc(C)c(OCc2ccc(Cl)cc2)c(C)c1. The molecule has 3 aromatic carbocycles. The summed E-state index contributed by atoms with van der Waals surface area (Å²) in [6.45, 7) is 6.35. The molecule has 0 radical (unpaired) electrons. The lowest BCUT2D eigenvalue weighted by atomic mass is 10.0. The van der Waals surface area contributed by atoms with Gasteiger partial charge in [0.05, 0.1) is 17.0 Å². The van der Waals surface area contributed by atoms with Gasteiger partial charge in [0.15, 0.2) is 0 Å². The standard InChI is InChI=1S/C26H23ClN2O2/c1-17-13-21(14-18(2)25(17)31-16-20-9-11-22(27)12-10-20)15-24-19(3)28-29(26(24)30)23-7-5-4-6-8-23/h4-15H,16H2,1-3H3/b24-15+. The molecule has 1 heterocycles. The lowest BCUT2D eigenvalue weighted by molar-refractivity contribution is -0.114. The molecule has 3 aromatic rings. The van der Waals surface area contributed by atoms with E-state index in [0.29, 0.717) is 22.9 Å². The number of anilines is 1. The summed E-state index contributed by atoms with van der Waals surface area (Å²) in [5.74, 6) is 0.730. The second-order valence-corrected chi connectivity index (χ2v) is 8.03. The van der Waals surface area contributed by atoms with E-state index in [-0.39, 0.29) is 5.91 Å². The van der Waals surface area contributed by atoms with Crippen LogP contribution >= 0.6 is 11.6 Å². The van der Waals surface area contributed by atoms with E-state index in [1.54, 1.807) is 0 Å². The smallest absolute Gasteiger partial charge is 0.280 e. The van der Waals surface area contributed by atoms with Crippen molar-refractivity contribution in [3.63, 3.8) is 0 Å². The van der Waals surface area contributed by atoms with Gasteiger partial charge in [-0.1, -0.05) is 41.9 Å². The highest BCUT2D eigenvalue weighted by atomic mass is 35.5. The molecule has 4 rings (SSSR count). The fourth-order valence-corrected chi connectivity index (χ4v) is 3.75. The monoisotopic (exact) mass is 430 g/mol. The topological polar surface area (TPSA) is 41.9 Å². The number of amides is 1. The Morgan fingerprint density at radius 1 is 0.968 bits per heavy atom. The molecule has 5 heteroatoms. The average molecular weight is 431 g/mol. The molecule has 0 N–H and O–H groups in total. The summed E-state index contributed by atoms with van der Waals surface area (Å²) in [6.07, 6.45) is 1.90. The van der Waals surface area contributed by atoms with Gasteiger partial charge in [-0.25, -0.2) is 0 Å². The third-order valence-corrected chi connectivity index (χ3v) is 5.41. The fraction of sp³-hybridized carbons (Fsp3) is 0.154. The third-order valence-electron chi connectivity index (χ3n) is 5.15. The van der Waals surface area contributed by atoms with Crippen LogP contribution in [0.2, 0.25) is 5.02 Å². The van der Waals surface area contributed by atoms with Gasteiger partial charge in [-0.05, 0) is 85.5 Å². The van der Waals surface area contributed by atoms with Crippen LogP contribution in [0.15, 0.2) is 77.4 Å². The maximum atomic E-state index is 12.9. The summed E-state index contributed by atoms with van der Waals surface area (Å²) in [7, 11) is 0. The van der Waals surface area contributed by atoms with E-state index in [1.807, 2.05) is 93.6 Å². The number of hydrogen-bond acceptors (Lipinski definition) is 3. The zero-order valence-electron chi connectivity index (χ0n) is 17.7. The Morgan fingerprint density at radius 3 is 2.26 bits per heavy atom. The molecule has 0 saturated carbocycles. The van der Waals surface area contributed by atoms with Gasteiger partial charge in [0.1, 0.15) is 12.4 Å². The maximum absolute atomic E-state index is 12.9. The number of hydrazone groups is 1. The number of rotatable bonds is 5. The van der Waals surface area contributed by atoms with Crippen LogP contribution in [0.3, 0.4) is 0 Å². The van der Waals surface area contributed by atoms with Crippen LogP contribution in [-0.2, 0) is 11.4 Å². The van der Waals surface area contributed by atoms with Gasteiger partial charge < -0.3 is 4.74 Å². The van der Waals surface area contributed by atoms with E-state index in [0.717, 1.165) is 33.7 Å². The highest BCUT2D eigenvalue weighted by Gasteiger charge is 2.28. The average Bonchev–Trinajstić information content (AvgIpc) is 3.03. The van der Waals surface area contributed by atoms with E-state index in [9.17, 15) is 4.79 Å². The quantitative estimate of drug-likeness (QED) is 0.443. The third kappa shape index (κ3) is 4.54. The molecule has 156 valence electrons. The van der Waals surface area contributed by atoms with Crippen molar-refractivity contribution in [2.45, 2.75) is 27.4 Å². The van der Waals surface area contributed by atoms with Crippen LogP contribution in [0.5, 0.6) is 5.75 Å². The number of aryl methyl sites for hydroxylation is 2. The lowest BCUT2D eigenvalue weighted by Gasteiger charge is -2.14. The van der Waals surface area contributed by atoms with Gasteiger partial charge in [0, 0.05) is 5.02 Å². The van der Waals surface area contributed by atoms with E-state index >= 15 is 0 Å². The summed E-state index contributed by atoms with van der Waals surface area (Å²) in [5, 5.41) is 6.60. The Bertz CT molecular complexity index is 1160. The van der Waals surface area contributed by atoms with E-state index < -0.39 is 0 Å². The van der Waals surface area contributed by atoms with Crippen molar-refractivity contribution in [3.8, 4) is 5.75 Å². The first-order valence-corrected chi connectivity index (χ1v) is 10.5. The number of para-hydroxylation sites is 1. The molecule has 0 saturated heterocycles. The molecule has 1 amide bonds. The molecule has 0 bridgehead atoms. The highest BCUT2D eigenvalue weighted by Crippen LogP contribution is 2.29. The molecule has 0 fully saturated rings. The number of halogens is 1.